The zero-order chi connectivity index (χ0) is 12.1. The molecule has 1 aromatic rings. The van der Waals surface area contributed by atoms with Gasteiger partial charge in [-0.25, -0.2) is 0 Å². The number of thioether (sulfide) groups is 1. The molecule has 1 saturated heterocycles. The molecule has 0 spiro atoms. The summed E-state index contributed by atoms with van der Waals surface area (Å²) in [6.07, 6.45) is 0. The Morgan fingerprint density at radius 2 is 2.12 bits per heavy atom. The Kier molecular flexibility index (Phi) is 4.89. The van der Waals surface area contributed by atoms with Gasteiger partial charge in [0.05, 0.1) is 0 Å². The topological polar surface area (TPSA) is 15.3 Å². The summed E-state index contributed by atoms with van der Waals surface area (Å²) >= 11 is 1.96. The highest BCUT2D eigenvalue weighted by atomic mass is 32.2. The quantitative estimate of drug-likeness (QED) is 0.826. The number of nitrogens with one attached hydrogen (secondary N) is 1. The van der Waals surface area contributed by atoms with Gasteiger partial charge in [0.15, 0.2) is 0 Å². The summed E-state index contributed by atoms with van der Waals surface area (Å²) in [7, 11) is 0. The lowest BCUT2D eigenvalue weighted by Crippen LogP contribution is -2.50. The molecule has 1 aliphatic heterocycles. The van der Waals surface area contributed by atoms with Gasteiger partial charge in [0.2, 0.25) is 0 Å². The van der Waals surface area contributed by atoms with Crippen molar-refractivity contribution in [2.75, 3.05) is 31.9 Å². The van der Waals surface area contributed by atoms with Crippen LogP contribution in [0, 0.1) is 6.92 Å². The lowest BCUT2D eigenvalue weighted by atomic mass is 10.2. The minimum absolute atomic E-state index is 0.683. The van der Waals surface area contributed by atoms with Crippen molar-refractivity contribution >= 4 is 11.8 Å². The Bertz CT molecular complexity index is 337. The standard InChI is InChI=1S/C14H22N2S/c1-12-3-5-14(6-4-12)17-10-9-16-8-7-15-11-13(16)2/h3-6,13,15H,7-11H2,1-2H3/t13-/m0/s1. The van der Waals surface area contributed by atoms with E-state index in [0.29, 0.717) is 6.04 Å². The van der Waals surface area contributed by atoms with Gasteiger partial charge in [-0.05, 0) is 26.0 Å². The predicted octanol–water partition coefficient (Wildman–Crippen LogP) is 2.38. The fourth-order valence-corrected chi connectivity index (χ4v) is 3.02. The molecule has 2 nitrogen and oxygen atoms in total. The van der Waals surface area contributed by atoms with Gasteiger partial charge in [-0.1, -0.05) is 17.7 Å². The smallest absolute Gasteiger partial charge is 0.0193 e. The molecule has 0 aromatic heterocycles. The van der Waals surface area contributed by atoms with Crippen LogP contribution in [0.15, 0.2) is 29.2 Å². The van der Waals surface area contributed by atoms with Crippen molar-refractivity contribution in [3.8, 4) is 0 Å². The number of piperazine rings is 1. The second-order valence-electron chi connectivity index (χ2n) is 4.75. The Hall–Kier alpha value is -0.510. The number of benzene rings is 1. The van der Waals surface area contributed by atoms with Crippen LogP contribution in [0.4, 0.5) is 0 Å². The minimum atomic E-state index is 0.683. The molecule has 1 fully saturated rings. The van der Waals surface area contributed by atoms with Gasteiger partial charge in [-0.3, -0.25) is 4.90 Å². The monoisotopic (exact) mass is 250 g/mol. The highest BCUT2D eigenvalue weighted by molar-refractivity contribution is 7.99. The molecule has 1 atom stereocenters. The van der Waals surface area contributed by atoms with Gasteiger partial charge in [0, 0.05) is 42.9 Å². The number of hydrogen-bond donors (Lipinski definition) is 1. The summed E-state index contributed by atoms with van der Waals surface area (Å²) in [6.45, 7) is 9.10. The van der Waals surface area contributed by atoms with Crippen LogP contribution < -0.4 is 5.32 Å². The summed E-state index contributed by atoms with van der Waals surface area (Å²) in [4.78, 5) is 3.97. The van der Waals surface area contributed by atoms with E-state index in [9.17, 15) is 0 Å². The molecule has 1 heterocycles. The van der Waals surface area contributed by atoms with E-state index in [2.05, 4.69) is 48.3 Å². The molecule has 0 bridgehead atoms. The molecular formula is C14H22N2S. The van der Waals surface area contributed by atoms with E-state index in [1.165, 1.54) is 29.3 Å². The lowest BCUT2D eigenvalue weighted by molar-refractivity contribution is 0.185. The van der Waals surface area contributed by atoms with Gasteiger partial charge < -0.3 is 5.32 Å². The van der Waals surface area contributed by atoms with Crippen LogP contribution in [0.25, 0.3) is 0 Å². The third kappa shape index (κ3) is 4.02. The molecule has 17 heavy (non-hydrogen) atoms. The molecule has 0 saturated carbocycles. The van der Waals surface area contributed by atoms with Gasteiger partial charge in [0.1, 0.15) is 0 Å². The van der Waals surface area contributed by atoms with Gasteiger partial charge in [-0.2, -0.15) is 0 Å². The largest absolute Gasteiger partial charge is 0.314 e. The Balaban J connectivity index is 1.73. The maximum Gasteiger partial charge on any atom is 0.0193 e. The molecule has 0 unspecified atom stereocenters. The zero-order valence-corrected chi connectivity index (χ0v) is 11.6. The van der Waals surface area contributed by atoms with E-state index in [0.717, 1.165) is 13.1 Å². The SMILES string of the molecule is Cc1ccc(SCCN2CCNC[C@@H]2C)cc1. The summed E-state index contributed by atoms with van der Waals surface area (Å²) in [6, 6.07) is 9.51. The second kappa shape index (κ2) is 6.43. The molecule has 3 heteroatoms. The van der Waals surface area contributed by atoms with Crippen LogP contribution in [0.5, 0.6) is 0 Å². The first-order chi connectivity index (χ1) is 8.25. The molecular weight excluding hydrogens is 228 g/mol. The van der Waals surface area contributed by atoms with E-state index in [4.69, 9.17) is 0 Å². The highest BCUT2D eigenvalue weighted by Gasteiger charge is 2.16. The van der Waals surface area contributed by atoms with Crippen molar-refractivity contribution in [2.24, 2.45) is 0 Å². The lowest BCUT2D eigenvalue weighted by Gasteiger charge is -2.33. The van der Waals surface area contributed by atoms with Crippen LogP contribution in [0.3, 0.4) is 0 Å². The van der Waals surface area contributed by atoms with Crippen molar-refractivity contribution in [2.45, 2.75) is 24.8 Å². The van der Waals surface area contributed by atoms with Crippen molar-refractivity contribution in [3.63, 3.8) is 0 Å². The maximum absolute atomic E-state index is 3.43. The van der Waals surface area contributed by atoms with Crippen molar-refractivity contribution < 1.29 is 0 Å². The van der Waals surface area contributed by atoms with Gasteiger partial charge >= 0.3 is 0 Å². The predicted molar refractivity (Wildman–Crippen MR) is 75.8 cm³/mol. The third-order valence-electron chi connectivity index (χ3n) is 3.31. The van der Waals surface area contributed by atoms with Crippen molar-refractivity contribution in [1.29, 1.82) is 0 Å². The average molecular weight is 250 g/mol. The molecule has 0 amide bonds. The van der Waals surface area contributed by atoms with E-state index < -0.39 is 0 Å². The minimum Gasteiger partial charge on any atom is -0.314 e. The molecule has 2 rings (SSSR count). The van der Waals surface area contributed by atoms with Gasteiger partial charge in [0.25, 0.3) is 0 Å². The average Bonchev–Trinajstić information content (AvgIpc) is 2.34. The Morgan fingerprint density at radius 1 is 1.35 bits per heavy atom. The fraction of sp³-hybridized carbons (Fsp3) is 0.571. The molecule has 1 N–H and O–H groups in total. The number of rotatable bonds is 4. The van der Waals surface area contributed by atoms with Crippen LogP contribution in [0.2, 0.25) is 0 Å². The molecule has 0 aliphatic carbocycles. The first-order valence-corrected chi connectivity index (χ1v) is 7.38. The highest BCUT2D eigenvalue weighted by Crippen LogP contribution is 2.18. The molecule has 1 aromatic carbocycles. The first kappa shape index (κ1) is 12.9. The normalized spacial score (nSPS) is 21.6. The zero-order valence-electron chi connectivity index (χ0n) is 10.8. The van der Waals surface area contributed by atoms with Gasteiger partial charge in [-0.15, -0.1) is 11.8 Å². The molecule has 1 aliphatic rings. The van der Waals surface area contributed by atoms with Crippen molar-refractivity contribution in [3.05, 3.63) is 29.8 Å². The summed E-state index contributed by atoms with van der Waals surface area (Å²) in [5.41, 5.74) is 1.34. The Labute approximate surface area is 109 Å². The maximum atomic E-state index is 3.43. The van der Waals surface area contributed by atoms with E-state index in [1.54, 1.807) is 0 Å². The van der Waals surface area contributed by atoms with Crippen molar-refractivity contribution in [1.82, 2.24) is 10.2 Å². The summed E-state index contributed by atoms with van der Waals surface area (Å²) < 4.78 is 0. The number of nitrogens with zero attached hydrogens (tertiary/aromatic N) is 1. The van der Waals surface area contributed by atoms with Crippen LogP contribution in [-0.4, -0.2) is 42.9 Å². The summed E-state index contributed by atoms with van der Waals surface area (Å²) in [5, 5.41) is 3.43. The summed E-state index contributed by atoms with van der Waals surface area (Å²) in [5.74, 6) is 1.19. The number of aryl methyl sites for hydroxylation is 1. The van der Waals surface area contributed by atoms with Crippen LogP contribution in [0.1, 0.15) is 12.5 Å². The number of hydrogen-bond acceptors (Lipinski definition) is 3. The fourth-order valence-electron chi connectivity index (χ4n) is 2.13. The van der Waals surface area contributed by atoms with Crippen LogP contribution in [-0.2, 0) is 0 Å². The third-order valence-corrected chi connectivity index (χ3v) is 4.30. The van der Waals surface area contributed by atoms with E-state index in [-0.39, 0.29) is 0 Å². The van der Waals surface area contributed by atoms with E-state index >= 15 is 0 Å². The van der Waals surface area contributed by atoms with Crippen LogP contribution >= 0.6 is 11.8 Å². The molecule has 94 valence electrons. The first-order valence-electron chi connectivity index (χ1n) is 6.40. The second-order valence-corrected chi connectivity index (χ2v) is 5.92. The van der Waals surface area contributed by atoms with E-state index in [1.807, 2.05) is 11.8 Å². The Morgan fingerprint density at radius 3 is 2.82 bits per heavy atom. The molecule has 0 radical (unpaired) electrons.